The topological polar surface area (TPSA) is 58.5 Å². The lowest BCUT2D eigenvalue weighted by Gasteiger charge is -2.22. The molecule has 0 saturated heterocycles. The van der Waals surface area contributed by atoms with Crippen LogP contribution in [-0.2, 0) is 10.0 Å². The molecule has 5 heteroatoms. The van der Waals surface area contributed by atoms with E-state index >= 15 is 0 Å². The minimum Gasteiger partial charge on any atom is -0.200 e. The molecule has 0 unspecified atom stereocenters. The second kappa shape index (κ2) is 4.57. The fourth-order valence-electron chi connectivity index (χ4n) is 4.59. The third-order valence-electron chi connectivity index (χ3n) is 5.61. The van der Waals surface area contributed by atoms with Gasteiger partial charge in [-0.2, -0.15) is 13.5 Å². The van der Waals surface area contributed by atoms with E-state index in [1.54, 1.807) is 24.3 Å². The maximum Gasteiger partial charge on any atom is 0.276 e. The molecule has 0 radical (unpaired) electrons. The molecule has 0 spiro atoms. The fourth-order valence-corrected chi connectivity index (χ4v) is 5.43. The first kappa shape index (κ1) is 13.3. The largest absolute Gasteiger partial charge is 0.276 e. The van der Waals surface area contributed by atoms with Crippen LogP contribution in [0.5, 0.6) is 0 Å². The number of hydrogen-bond donors (Lipinski definition) is 1. The van der Waals surface area contributed by atoms with Crippen LogP contribution in [0.1, 0.15) is 31.2 Å². The van der Waals surface area contributed by atoms with Gasteiger partial charge in [-0.05, 0) is 62.5 Å². The van der Waals surface area contributed by atoms with Crippen molar-refractivity contribution in [3.8, 4) is 0 Å². The quantitative estimate of drug-likeness (QED) is 0.873. The minimum atomic E-state index is -3.53. The molecule has 1 aromatic rings. The van der Waals surface area contributed by atoms with Gasteiger partial charge in [0.25, 0.3) is 10.0 Å². The molecule has 4 rings (SSSR count). The Morgan fingerprint density at radius 2 is 1.90 bits per heavy atom. The molecule has 1 aromatic carbocycles. The van der Waals surface area contributed by atoms with Crippen molar-refractivity contribution in [2.24, 2.45) is 28.8 Å². The van der Waals surface area contributed by atoms with Gasteiger partial charge in [0.05, 0.1) is 4.90 Å². The lowest BCUT2D eigenvalue weighted by Crippen LogP contribution is -2.25. The molecular formula is C16H20N2O2S. The van der Waals surface area contributed by atoms with Crippen LogP contribution in [0.3, 0.4) is 0 Å². The molecule has 0 aromatic heterocycles. The van der Waals surface area contributed by atoms with E-state index in [-0.39, 0.29) is 4.90 Å². The standard InChI is InChI=1S/C16H20N2O2S/c1-10-2-5-12(6-3-10)21(19,20)18-17-16-9-14-11-4-7-13(14)15(16)8-11/h2-3,5-6,11,13-15,18H,4,7-9H2,1H3/b17-16-/t11-,13+,14-,15+/m1/s1. The second-order valence-corrected chi connectivity index (χ2v) is 8.38. The molecule has 3 aliphatic rings. The highest BCUT2D eigenvalue weighted by Crippen LogP contribution is 2.59. The summed E-state index contributed by atoms with van der Waals surface area (Å²) in [4.78, 5) is 2.72. The van der Waals surface area contributed by atoms with Crippen LogP contribution in [0.15, 0.2) is 34.3 Å². The summed E-state index contributed by atoms with van der Waals surface area (Å²) in [6.45, 7) is 1.94. The molecule has 0 aliphatic heterocycles. The van der Waals surface area contributed by atoms with Crippen molar-refractivity contribution in [1.82, 2.24) is 4.83 Å². The number of hydrogen-bond acceptors (Lipinski definition) is 3. The van der Waals surface area contributed by atoms with E-state index in [1.165, 1.54) is 19.3 Å². The average molecular weight is 304 g/mol. The van der Waals surface area contributed by atoms with Crippen LogP contribution < -0.4 is 4.83 Å². The molecule has 3 fully saturated rings. The number of rotatable bonds is 3. The van der Waals surface area contributed by atoms with Crippen LogP contribution in [0, 0.1) is 30.6 Å². The maximum atomic E-state index is 12.2. The van der Waals surface area contributed by atoms with E-state index in [0.29, 0.717) is 5.92 Å². The third kappa shape index (κ3) is 2.09. The highest BCUT2D eigenvalue weighted by Gasteiger charge is 2.55. The predicted molar refractivity (Wildman–Crippen MR) is 81.4 cm³/mol. The molecule has 3 aliphatic carbocycles. The normalized spacial score (nSPS) is 35.6. The summed E-state index contributed by atoms with van der Waals surface area (Å²) >= 11 is 0. The molecule has 3 saturated carbocycles. The van der Waals surface area contributed by atoms with Crippen LogP contribution in [0.2, 0.25) is 0 Å². The average Bonchev–Trinajstić information content (AvgIpc) is 3.12. The number of benzene rings is 1. The first-order valence-corrected chi connectivity index (χ1v) is 9.18. The zero-order chi connectivity index (χ0) is 14.6. The Hall–Kier alpha value is -1.36. The zero-order valence-electron chi connectivity index (χ0n) is 12.1. The SMILES string of the molecule is Cc1ccc(S(=O)(=O)N/N=C2/C[C@@H]3[C@@H]4CC[C@@H]3[C@@H]2C4)cc1. The number of aryl methyl sites for hydroxylation is 1. The van der Waals surface area contributed by atoms with Crippen molar-refractivity contribution in [1.29, 1.82) is 0 Å². The van der Waals surface area contributed by atoms with Gasteiger partial charge in [-0.25, -0.2) is 4.83 Å². The number of sulfonamides is 1. The molecule has 0 amide bonds. The number of nitrogens with zero attached hydrogens (tertiary/aromatic N) is 1. The summed E-state index contributed by atoms with van der Waals surface area (Å²) in [5.41, 5.74) is 2.13. The van der Waals surface area contributed by atoms with E-state index in [9.17, 15) is 8.42 Å². The lowest BCUT2D eigenvalue weighted by molar-refractivity contribution is 0.408. The smallest absolute Gasteiger partial charge is 0.200 e. The van der Waals surface area contributed by atoms with Gasteiger partial charge in [-0.15, -0.1) is 0 Å². The van der Waals surface area contributed by atoms with Crippen LogP contribution in [0.25, 0.3) is 0 Å². The van der Waals surface area contributed by atoms with Gasteiger partial charge in [0, 0.05) is 11.6 Å². The van der Waals surface area contributed by atoms with Gasteiger partial charge in [0.1, 0.15) is 0 Å². The van der Waals surface area contributed by atoms with Crippen molar-refractivity contribution in [3.63, 3.8) is 0 Å². The summed E-state index contributed by atoms with van der Waals surface area (Å²) in [5, 5.41) is 4.27. The van der Waals surface area contributed by atoms with Crippen LogP contribution in [-0.4, -0.2) is 14.1 Å². The van der Waals surface area contributed by atoms with Crippen molar-refractivity contribution in [2.75, 3.05) is 0 Å². The zero-order valence-corrected chi connectivity index (χ0v) is 12.9. The van der Waals surface area contributed by atoms with Crippen LogP contribution in [0.4, 0.5) is 0 Å². The Bertz CT molecular complexity index is 693. The Labute approximate surface area is 125 Å². The van der Waals surface area contributed by atoms with E-state index in [4.69, 9.17) is 0 Å². The van der Waals surface area contributed by atoms with Crippen molar-refractivity contribution < 1.29 is 8.42 Å². The van der Waals surface area contributed by atoms with Gasteiger partial charge in [-0.3, -0.25) is 0 Å². The van der Waals surface area contributed by atoms with E-state index in [1.807, 2.05) is 6.92 Å². The van der Waals surface area contributed by atoms with Crippen molar-refractivity contribution >= 4 is 15.7 Å². The predicted octanol–water partition coefficient (Wildman–Crippen LogP) is 2.70. The summed E-state index contributed by atoms with van der Waals surface area (Å²) in [6.07, 6.45) is 4.90. The van der Waals surface area contributed by atoms with Crippen molar-refractivity contribution in [2.45, 2.75) is 37.5 Å². The first-order valence-electron chi connectivity index (χ1n) is 7.69. The molecule has 1 N–H and O–H groups in total. The molecule has 4 nitrogen and oxygen atoms in total. The molecule has 21 heavy (non-hydrogen) atoms. The third-order valence-corrected chi connectivity index (χ3v) is 6.84. The Balaban J connectivity index is 1.52. The number of hydrazone groups is 1. The minimum absolute atomic E-state index is 0.280. The van der Waals surface area contributed by atoms with Gasteiger partial charge in [0.15, 0.2) is 0 Å². The van der Waals surface area contributed by atoms with Gasteiger partial charge < -0.3 is 0 Å². The van der Waals surface area contributed by atoms with Gasteiger partial charge in [0.2, 0.25) is 0 Å². The summed E-state index contributed by atoms with van der Waals surface area (Å²) in [7, 11) is -3.53. The summed E-state index contributed by atoms with van der Waals surface area (Å²) in [6, 6.07) is 6.86. The summed E-state index contributed by atoms with van der Waals surface area (Å²) in [5.74, 6) is 2.97. The molecule has 112 valence electrons. The van der Waals surface area contributed by atoms with E-state index in [0.717, 1.165) is 35.4 Å². The Kier molecular flexibility index (Phi) is 2.89. The lowest BCUT2D eigenvalue weighted by atomic mass is 9.84. The van der Waals surface area contributed by atoms with Gasteiger partial charge in [-0.1, -0.05) is 17.7 Å². The highest BCUT2D eigenvalue weighted by atomic mass is 32.2. The maximum absolute atomic E-state index is 12.2. The number of nitrogens with one attached hydrogen (secondary N) is 1. The Morgan fingerprint density at radius 1 is 1.14 bits per heavy atom. The fraction of sp³-hybridized carbons (Fsp3) is 0.562. The molecule has 0 heterocycles. The molecule has 4 bridgehead atoms. The van der Waals surface area contributed by atoms with Crippen molar-refractivity contribution in [3.05, 3.63) is 29.8 Å². The van der Waals surface area contributed by atoms with Crippen LogP contribution >= 0.6 is 0 Å². The monoisotopic (exact) mass is 304 g/mol. The summed E-state index contributed by atoms with van der Waals surface area (Å²) < 4.78 is 24.5. The second-order valence-electron chi connectivity index (χ2n) is 6.72. The molecular weight excluding hydrogens is 284 g/mol. The van der Waals surface area contributed by atoms with Gasteiger partial charge >= 0.3 is 0 Å². The Morgan fingerprint density at radius 3 is 2.57 bits per heavy atom. The molecule has 4 atom stereocenters. The van der Waals surface area contributed by atoms with E-state index < -0.39 is 10.0 Å². The highest BCUT2D eigenvalue weighted by molar-refractivity contribution is 7.89. The van der Waals surface area contributed by atoms with E-state index in [2.05, 4.69) is 9.93 Å². The first-order chi connectivity index (χ1) is 10.0.